The van der Waals surface area contributed by atoms with Crippen LogP contribution in [-0.4, -0.2) is 33.6 Å². The van der Waals surface area contributed by atoms with Gasteiger partial charge in [0.15, 0.2) is 6.61 Å². The summed E-state index contributed by atoms with van der Waals surface area (Å²) >= 11 is 0. The summed E-state index contributed by atoms with van der Waals surface area (Å²) in [4.78, 5) is 29.8. The van der Waals surface area contributed by atoms with Crippen molar-refractivity contribution in [3.05, 3.63) is 11.6 Å². The van der Waals surface area contributed by atoms with Gasteiger partial charge in [0.05, 0.1) is 0 Å². The van der Waals surface area contributed by atoms with Gasteiger partial charge in [-0.25, -0.2) is 10.5 Å². The molecule has 0 unspecified atom stereocenters. The Balaban J connectivity index is 2.43. The maximum absolute atomic E-state index is 11.2. The van der Waals surface area contributed by atoms with Gasteiger partial charge in [0.1, 0.15) is 5.82 Å². The van der Waals surface area contributed by atoms with Crippen molar-refractivity contribution >= 4 is 11.8 Å². The van der Waals surface area contributed by atoms with Crippen LogP contribution in [0.5, 0.6) is 0 Å². The molecule has 0 radical (unpaired) electrons. The van der Waals surface area contributed by atoms with Crippen LogP contribution in [0.1, 0.15) is 23.4 Å². The summed E-state index contributed by atoms with van der Waals surface area (Å²) in [5.74, 6) is -0.766. The van der Waals surface area contributed by atoms with E-state index in [2.05, 4.69) is 20.0 Å². The number of primary amides is 1. The summed E-state index contributed by atoms with van der Waals surface area (Å²) in [5, 5.41) is 6.21. The lowest BCUT2D eigenvalue weighted by atomic mass is 10.5. The minimum atomic E-state index is -0.681. The first-order valence-electron chi connectivity index (χ1n) is 4.25. The Morgan fingerprint density at radius 3 is 2.87 bits per heavy atom. The predicted octanol–water partition coefficient (Wildman–Crippen LogP) is -1.49. The molecule has 0 saturated heterocycles. The van der Waals surface area contributed by atoms with Gasteiger partial charge in [0.25, 0.3) is 0 Å². The van der Waals surface area contributed by atoms with Gasteiger partial charge >= 0.3 is 5.91 Å². The summed E-state index contributed by atoms with van der Waals surface area (Å²) in [7, 11) is 0. The van der Waals surface area contributed by atoms with Gasteiger partial charge in [0.2, 0.25) is 11.7 Å². The first-order chi connectivity index (χ1) is 7.13. The molecule has 8 nitrogen and oxygen atoms in total. The van der Waals surface area contributed by atoms with Crippen LogP contribution in [0.4, 0.5) is 0 Å². The number of hydrogen-bond donors (Lipinski definition) is 3. The number of amides is 2. The number of hydroxylamine groups is 1. The molecule has 1 rings (SSSR count). The molecule has 8 heteroatoms. The molecule has 2 amide bonds. The van der Waals surface area contributed by atoms with Crippen molar-refractivity contribution < 1.29 is 14.4 Å². The second kappa shape index (κ2) is 5.05. The average molecular weight is 213 g/mol. The molecule has 0 fully saturated rings. The van der Waals surface area contributed by atoms with E-state index in [1.807, 2.05) is 12.4 Å². The highest BCUT2D eigenvalue weighted by Gasteiger charge is 2.11. The molecule has 1 aromatic rings. The highest BCUT2D eigenvalue weighted by molar-refractivity contribution is 5.89. The normalized spacial score (nSPS) is 9.93. The molecular weight excluding hydrogens is 202 g/mol. The third-order valence-corrected chi connectivity index (χ3v) is 1.45. The van der Waals surface area contributed by atoms with Crippen molar-refractivity contribution in [3.63, 3.8) is 0 Å². The van der Waals surface area contributed by atoms with Gasteiger partial charge in [-0.2, -0.15) is 0 Å². The van der Waals surface area contributed by atoms with Crippen LogP contribution >= 0.6 is 0 Å². The number of rotatable bonds is 5. The highest BCUT2D eigenvalue weighted by atomic mass is 16.7. The Labute approximate surface area is 85.2 Å². The Kier molecular flexibility index (Phi) is 3.75. The van der Waals surface area contributed by atoms with Crippen LogP contribution in [0.2, 0.25) is 0 Å². The summed E-state index contributed by atoms with van der Waals surface area (Å²) < 4.78 is 0. The molecule has 0 bridgehead atoms. The molecule has 82 valence electrons. The fourth-order valence-corrected chi connectivity index (χ4v) is 0.773. The van der Waals surface area contributed by atoms with E-state index in [9.17, 15) is 9.59 Å². The molecule has 0 saturated carbocycles. The summed E-state index contributed by atoms with van der Waals surface area (Å²) in [6, 6.07) is 0. The van der Waals surface area contributed by atoms with E-state index in [1.54, 1.807) is 0 Å². The van der Waals surface area contributed by atoms with Crippen LogP contribution in [0, 0.1) is 0 Å². The van der Waals surface area contributed by atoms with Gasteiger partial charge in [-0.05, 0) is 0 Å². The van der Waals surface area contributed by atoms with Crippen molar-refractivity contribution in [1.82, 2.24) is 20.7 Å². The van der Waals surface area contributed by atoms with Crippen LogP contribution in [0.25, 0.3) is 0 Å². The molecule has 0 aliphatic rings. The smallest absolute Gasteiger partial charge is 0.314 e. The number of nitrogens with two attached hydrogens (primary N) is 1. The molecule has 0 spiro atoms. The Bertz CT molecular complexity index is 361. The number of H-pyrrole nitrogens is 1. The first-order valence-corrected chi connectivity index (χ1v) is 4.25. The minimum Gasteiger partial charge on any atom is -0.368 e. The molecule has 15 heavy (non-hydrogen) atoms. The van der Waals surface area contributed by atoms with Gasteiger partial charge in [-0.1, -0.05) is 6.92 Å². The number of carbonyl (C=O) groups excluding carboxylic acids is 2. The van der Waals surface area contributed by atoms with E-state index in [0.29, 0.717) is 12.2 Å². The van der Waals surface area contributed by atoms with Crippen molar-refractivity contribution in [1.29, 1.82) is 0 Å². The minimum absolute atomic E-state index is 0.0451. The van der Waals surface area contributed by atoms with Crippen LogP contribution in [0.15, 0.2) is 0 Å². The van der Waals surface area contributed by atoms with Crippen molar-refractivity contribution in [2.24, 2.45) is 5.73 Å². The van der Waals surface area contributed by atoms with Crippen molar-refractivity contribution in [2.45, 2.75) is 13.3 Å². The molecule has 0 aliphatic carbocycles. The molecule has 0 aliphatic heterocycles. The lowest BCUT2D eigenvalue weighted by molar-refractivity contribution is -0.124. The highest BCUT2D eigenvalue weighted by Crippen LogP contribution is 1.92. The maximum atomic E-state index is 11.2. The van der Waals surface area contributed by atoms with E-state index in [4.69, 9.17) is 5.73 Å². The average Bonchev–Trinajstić information content (AvgIpc) is 2.65. The fourth-order valence-electron chi connectivity index (χ4n) is 0.773. The molecule has 0 atom stereocenters. The van der Waals surface area contributed by atoms with Gasteiger partial charge < -0.3 is 5.73 Å². The lowest BCUT2D eigenvalue weighted by Crippen LogP contribution is -2.30. The van der Waals surface area contributed by atoms with Gasteiger partial charge in [-0.3, -0.25) is 19.5 Å². The molecular formula is C7H11N5O3. The number of nitrogens with zero attached hydrogens (tertiary/aromatic N) is 2. The molecule has 0 aromatic carbocycles. The maximum Gasteiger partial charge on any atom is 0.314 e. The Morgan fingerprint density at radius 1 is 1.60 bits per heavy atom. The third-order valence-electron chi connectivity index (χ3n) is 1.45. The van der Waals surface area contributed by atoms with E-state index < -0.39 is 18.4 Å². The number of nitrogens with one attached hydrogen (secondary N) is 2. The molecule has 4 N–H and O–H groups in total. The van der Waals surface area contributed by atoms with Crippen molar-refractivity contribution in [2.75, 3.05) is 6.61 Å². The zero-order valence-electron chi connectivity index (χ0n) is 8.11. The number of carbonyl (C=O) groups is 2. The number of hydrogen-bond acceptors (Lipinski definition) is 5. The van der Waals surface area contributed by atoms with E-state index in [-0.39, 0.29) is 5.82 Å². The van der Waals surface area contributed by atoms with E-state index in [0.717, 1.165) is 0 Å². The topological polar surface area (TPSA) is 123 Å². The standard InChI is InChI=1S/C7H11N5O3/c1-2-5-9-6(11-10-5)7(14)12-15-3-4(8)13/h2-3H2,1H3,(H2,8,13)(H,12,14)(H,9,10,11). The predicted molar refractivity (Wildman–Crippen MR) is 48.4 cm³/mol. The summed E-state index contributed by atoms with van der Waals surface area (Å²) in [6.07, 6.45) is 0.641. The monoisotopic (exact) mass is 213 g/mol. The van der Waals surface area contributed by atoms with Gasteiger partial charge in [-0.15, -0.1) is 5.10 Å². The van der Waals surface area contributed by atoms with E-state index in [1.165, 1.54) is 0 Å². The zero-order chi connectivity index (χ0) is 11.3. The second-order valence-electron chi connectivity index (χ2n) is 2.65. The Hall–Kier alpha value is -1.96. The molecule has 1 heterocycles. The fraction of sp³-hybridized carbons (Fsp3) is 0.429. The summed E-state index contributed by atoms with van der Waals surface area (Å²) in [5.41, 5.74) is 6.77. The lowest BCUT2D eigenvalue weighted by Gasteiger charge is -1.99. The second-order valence-corrected chi connectivity index (χ2v) is 2.65. The number of aromatic amines is 1. The van der Waals surface area contributed by atoms with Crippen LogP contribution in [0.3, 0.4) is 0 Å². The largest absolute Gasteiger partial charge is 0.368 e. The zero-order valence-corrected chi connectivity index (χ0v) is 8.11. The molecule has 1 aromatic heterocycles. The van der Waals surface area contributed by atoms with E-state index >= 15 is 0 Å². The third kappa shape index (κ3) is 3.35. The van der Waals surface area contributed by atoms with Crippen LogP contribution in [-0.2, 0) is 16.1 Å². The SMILES string of the molecule is CCc1nc(C(=O)NOCC(N)=O)n[nH]1. The van der Waals surface area contributed by atoms with Crippen molar-refractivity contribution in [3.8, 4) is 0 Å². The van der Waals surface area contributed by atoms with Gasteiger partial charge in [0, 0.05) is 6.42 Å². The first kappa shape index (κ1) is 11.1. The Morgan fingerprint density at radius 2 is 2.33 bits per heavy atom. The number of aryl methyl sites for hydroxylation is 1. The van der Waals surface area contributed by atoms with Crippen LogP contribution < -0.4 is 11.2 Å². The summed E-state index contributed by atoms with van der Waals surface area (Å²) in [6.45, 7) is 1.47. The number of aromatic nitrogens is 3. The quantitative estimate of drug-likeness (QED) is 0.514.